The molecule has 0 aromatic carbocycles. The lowest BCUT2D eigenvalue weighted by atomic mass is 10.2. The molecule has 0 unspecified atom stereocenters. The summed E-state index contributed by atoms with van der Waals surface area (Å²) in [6, 6.07) is 4.23. The summed E-state index contributed by atoms with van der Waals surface area (Å²) >= 11 is 0. The topological polar surface area (TPSA) is 31.4 Å². The van der Waals surface area contributed by atoms with E-state index in [0.717, 1.165) is 25.5 Å². The Labute approximate surface area is 116 Å². The van der Waals surface area contributed by atoms with E-state index in [9.17, 15) is 0 Å². The van der Waals surface area contributed by atoms with E-state index >= 15 is 0 Å². The van der Waals surface area contributed by atoms with Gasteiger partial charge in [0.05, 0.1) is 0 Å². The van der Waals surface area contributed by atoms with Crippen LogP contribution in [0.25, 0.3) is 0 Å². The molecule has 2 heterocycles. The number of likely N-dealkylation sites (tertiary alicyclic amines) is 1. The monoisotopic (exact) mass is 262 g/mol. The molecule has 1 fully saturated rings. The SMILES string of the molecule is CCNc1ccc(CN(C)CCN2CCCC2)cn1. The predicted molar refractivity (Wildman–Crippen MR) is 80.4 cm³/mol. The van der Waals surface area contributed by atoms with Gasteiger partial charge in [-0.2, -0.15) is 0 Å². The second kappa shape index (κ2) is 7.46. The van der Waals surface area contributed by atoms with Gasteiger partial charge in [-0.25, -0.2) is 4.98 Å². The largest absolute Gasteiger partial charge is 0.370 e. The van der Waals surface area contributed by atoms with E-state index in [0.29, 0.717) is 0 Å². The first-order valence-corrected chi connectivity index (χ1v) is 7.37. The Morgan fingerprint density at radius 3 is 2.74 bits per heavy atom. The smallest absolute Gasteiger partial charge is 0.125 e. The summed E-state index contributed by atoms with van der Waals surface area (Å²) in [6.07, 6.45) is 4.73. The fourth-order valence-corrected chi connectivity index (χ4v) is 2.51. The number of hydrogen-bond donors (Lipinski definition) is 1. The minimum Gasteiger partial charge on any atom is -0.370 e. The van der Waals surface area contributed by atoms with Crippen LogP contribution >= 0.6 is 0 Å². The molecule has 1 aromatic rings. The van der Waals surface area contributed by atoms with Crippen molar-refractivity contribution in [1.82, 2.24) is 14.8 Å². The van der Waals surface area contributed by atoms with Crippen LogP contribution in [0.1, 0.15) is 25.3 Å². The average Bonchev–Trinajstić information content (AvgIpc) is 2.92. The quantitative estimate of drug-likeness (QED) is 0.815. The summed E-state index contributed by atoms with van der Waals surface area (Å²) in [5, 5.41) is 3.22. The Hall–Kier alpha value is -1.13. The number of nitrogens with one attached hydrogen (secondary N) is 1. The van der Waals surface area contributed by atoms with Crippen LogP contribution in [-0.2, 0) is 6.54 Å². The van der Waals surface area contributed by atoms with Gasteiger partial charge in [-0.3, -0.25) is 0 Å². The van der Waals surface area contributed by atoms with E-state index in [1.54, 1.807) is 0 Å². The van der Waals surface area contributed by atoms with Crippen molar-refractivity contribution in [3.63, 3.8) is 0 Å². The third-order valence-electron chi connectivity index (χ3n) is 3.63. The summed E-state index contributed by atoms with van der Waals surface area (Å²) in [4.78, 5) is 9.35. The molecule has 1 aliphatic heterocycles. The lowest BCUT2D eigenvalue weighted by molar-refractivity contribution is 0.252. The van der Waals surface area contributed by atoms with E-state index in [1.807, 2.05) is 6.20 Å². The molecule has 106 valence electrons. The van der Waals surface area contributed by atoms with Crippen LogP contribution in [0.2, 0.25) is 0 Å². The zero-order valence-corrected chi connectivity index (χ0v) is 12.2. The molecule has 1 aliphatic rings. The number of hydrogen-bond acceptors (Lipinski definition) is 4. The van der Waals surface area contributed by atoms with Crippen molar-refractivity contribution in [3.8, 4) is 0 Å². The average molecular weight is 262 g/mol. The number of rotatable bonds is 7. The molecule has 1 saturated heterocycles. The van der Waals surface area contributed by atoms with Crippen LogP contribution in [0, 0.1) is 0 Å². The number of anilines is 1. The van der Waals surface area contributed by atoms with E-state index < -0.39 is 0 Å². The summed E-state index contributed by atoms with van der Waals surface area (Å²) in [6.45, 7) is 8.88. The first-order valence-electron chi connectivity index (χ1n) is 7.37. The fourth-order valence-electron chi connectivity index (χ4n) is 2.51. The van der Waals surface area contributed by atoms with Crippen molar-refractivity contribution in [3.05, 3.63) is 23.9 Å². The molecule has 4 heteroatoms. The zero-order chi connectivity index (χ0) is 13.5. The lowest BCUT2D eigenvalue weighted by Crippen LogP contribution is -2.31. The van der Waals surface area contributed by atoms with Gasteiger partial charge in [-0.05, 0) is 51.5 Å². The summed E-state index contributed by atoms with van der Waals surface area (Å²) < 4.78 is 0. The number of pyridine rings is 1. The highest BCUT2D eigenvalue weighted by Gasteiger charge is 2.11. The van der Waals surface area contributed by atoms with Crippen LogP contribution in [0.5, 0.6) is 0 Å². The van der Waals surface area contributed by atoms with Gasteiger partial charge in [-0.15, -0.1) is 0 Å². The zero-order valence-electron chi connectivity index (χ0n) is 12.2. The van der Waals surface area contributed by atoms with Crippen LogP contribution in [-0.4, -0.2) is 54.6 Å². The Morgan fingerprint density at radius 1 is 1.32 bits per heavy atom. The molecule has 1 N–H and O–H groups in total. The van der Waals surface area contributed by atoms with Crippen LogP contribution < -0.4 is 5.32 Å². The van der Waals surface area contributed by atoms with Gasteiger partial charge in [0.2, 0.25) is 0 Å². The molecule has 0 radical (unpaired) electrons. The summed E-state index contributed by atoms with van der Waals surface area (Å²) in [7, 11) is 2.19. The molecule has 19 heavy (non-hydrogen) atoms. The fraction of sp³-hybridized carbons (Fsp3) is 0.667. The Balaban J connectivity index is 1.72. The Bertz CT molecular complexity index is 357. The van der Waals surface area contributed by atoms with Gasteiger partial charge in [0.15, 0.2) is 0 Å². The molecule has 0 aliphatic carbocycles. The maximum absolute atomic E-state index is 4.41. The molecular formula is C15H26N4. The lowest BCUT2D eigenvalue weighted by Gasteiger charge is -2.21. The first-order chi connectivity index (χ1) is 9.28. The molecule has 2 rings (SSSR count). The van der Waals surface area contributed by atoms with Gasteiger partial charge in [-0.1, -0.05) is 6.07 Å². The minimum absolute atomic E-state index is 0.919. The second-order valence-corrected chi connectivity index (χ2v) is 5.37. The Kier molecular flexibility index (Phi) is 5.61. The summed E-state index contributed by atoms with van der Waals surface area (Å²) in [5.41, 5.74) is 1.28. The van der Waals surface area contributed by atoms with Gasteiger partial charge in [0.1, 0.15) is 5.82 Å². The molecule has 0 atom stereocenters. The number of nitrogens with zero attached hydrogens (tertiary/aromatic N) is 3. The van der Waals surface area contributed by atoms with Crippen molar-refractivity contribution >= 4 is 5.82 Å². The molecular weight excluding hydrogens is 236 g/mol. The molecule has 0 saturated carbocycles. The standard InChI is InChI=1S/C15H26N4/c1-3-16-15-7-6-14(12-17-15)13-18(2)10-11-19-8-4-5-9-19/h6-7,12H,3-5,8-11,13H2,1-2H3,(H,16,17). The van der Waals surface area contributed by atoms with Crippen molar-refractivity contribution in [2.75, 3.05) is 45.1 Å². The molecule has 0 spiro atoms. The van der Waals surface area contributed by atoms with Crippen LogP contribution in [0.3, 0.4) is 0 Å². The highest BCUT2D eigenvalue weighted by atomic mass is 15.2. The molecule has 4 nitrogen and oxygen atoms in total. The van der Waals surface area contributed by atoms with Gasteiger partial charge < -0.3 is 15.1 Å². The maximum atomic E-state index is 4.41. The highest BCUT2D eigenvalue weighted by molar-refractivity contribution is 5.35. The van der Waals surface area contributed by atoms with Gasteiger partial charge in [0, 0.05) is 32.4 Å². The predicted octanol–water partition coefficient (Wildman–Crippen LogP) is 2.04. The normalized spacial score (nSPS) is 16.2. The molecule has 0 bridgehead atoms. The van der Waals surface area contributed by atoms with E-state index in [2.05, 4.69) is 46.2 Å². The third kappa shape index (κ3) is 4.80. The van der Waals surface area contributed by atoms with E-state index in [4.69, 9.17) is 0 Å². The minimum atomic E-state index is 0.919. The van der Waals surface area contributed by atoms with Gasteiger partial charge in [0.25, 0.3) is 0 Å². The van der Waals surface area contributed by atoms with E-state index in [-0.39, 0.29) is 0 Å². The Morgan fingerprint density at radius 2 is 2.11 bits per heavy atom. The maximum Gasteiger partial charge on any atom is 0.125 e. The highest BCUT2D eigenvalue weighted by Crippen LogP contribution is 2.09. The summed E-state index contributed by atoms with van der Waals surface area (Å²) in [5.74, 6) is 0.964. The van der Waals surface area contributed by atoms with Crippen molar-refractivity contribution in [2.45, 2.75) is 26.3 Å². The molecule has 0 amide bonds. The first kappa shape index (κ1) is 14.3. The van der Waals surface area contributed by atoms with Crippen molar-refractivity contribution in [2.24, 2.45) is 0 Å². The third-order valence-corrected chi connectivity index (χ3v) is 3.63. The van der Waals surface area contributed by atoms with Gasteiger partial charge >= 0.3 is 0 Å². The molecule has 1 aromatic heterocycles. The number of aromatic nitrogens is 1. The van der Waals surface area contributed by atoms with Crippen LogP contribution in [0.15, 0.2) is 18.3 Å². The van der Waals surface area contributed by atoms with E-state index in [1.165, 1.54) is 38.0 Å². The van der Waals surface area contributed by atoms with Crippen molar-refractivity contribution < 1.29 is 0 Å². The second-order valence-electron chi connectivity index (χ2n) is 5.37. The van der Waals surface area contributed by atoms with Crippen LogP contribution in [0.4, 0.5) is 5.82 Å². The number of likely N-dealkylation sites (N-methyl/N-ethyl adjacent to an activating group) is 1. The van der Waals surface area contributed by atoms with Crippen molar-refractivity contribution in [1.29, 1.82) is 0 Å².